The molecule has 1 aliphatic heterocycles. The van der Waals surface area contributed by atoms with E-state index in [9.17, 15) is 14.0 Å². The average Bonchev–Trinajstić information content (AvgIpc) is 2.85. The number of rotatable bonds is 4. The van der Waals surface area contributed by atoms with Crippen molar-refractivity contribution in [2.24, 2.45) is 0 Å². The summed E-state index contributed by atoms with van der Waals surface area (Å²) in [5, 5.41) is -0.178. The minimum atomic E-state index is -0.463. The normalized spacial score (nSPS) is 16.7. The van der Waals surface area contributed by atoms with Crippen molar-refractivity contribution in [2.45, 2.75) is 13.5 Å². The number of carbonyl (C=O) groups is 2. The van der Waals surface area contributed by atoms with E-state index < -0.39 is 5.82 Å². The van der Waals surface area contributed by atoms with E-state index in [4.69, 9.17) is 11.6 Å². The van der Waals surface area contributed by atoms with E-state index in [0.29, 0.717) is 10.5 Å². The molecule has 0 bridgehead atoms. The van der Waals surface area contributed by atoms with Crippen molar-refractivity contribution in [3.8, 4) is 0 Å². The van der Waals surface area contributed by atoms with Crippen molar-refractivity contribution in [3.63, 3.8) is 0 Å². The molecule has 26 heavy (non-hydrogen) atoms. The van der Waals surface area contributed by atoms with Crippen LogP contribution in [0.1, 0.15) is 18.1 Å². The predicted octanol–water partition coefficient (Wildman–Crippen LogP) is 5.66. The summed E-state index contributed by atoms with van der Waals surface area (Å²) >= 11 is 6.88. The highest BCUT2D eigenvalue weighted by Crippen LogP contribution is 2.33. The van der Waals surface area contributed by atoms with Gasteiger partial charge in [0.05, 0.1) is 11.4 Å². The van der Waals surface area contributed by atoms with E-state index in [1.165, 1.54) is 18.2 Å². The maximum absolute atomic E-state index is 13.1. The van der Waals surface area contributed by atoms with Crippen LogP contribution in [0.5, 0.6) is 0 Å². The summed E-state index contributed by atoms with van der Waals surface area (Å²) in [6, 6.07) is 13.6. The molecule has 132 valence electrons. The molecule has 1 heterocycles. The van der Waals surface area contributed by atoms with Gasteiger partial charge < -0.3 is 0 Å². The standard InChI is InChI=1S/C20H15ClFNO2S/c1-13(9-14-5-3-2-4-6-14)10-18-19(24)23(20(25)26-18)12-15-7-8-16(22)11-17(15)21/h2-11H,12H2,1H3/b13-9+,18-10+. The highest BCUT2D eigenvalue weighted by atomic mass is 35.5. The van der Waals surface area contributed by atoms with Crippen LogP contribution in [0, 0.1) is 5.82 Å². The molecule has 0 atom stereocenters. The molecule has 3 nitrogen and oxygen atoms in total. The van der Waals surface area contributed by atoms with Crippen LogP contribution in [0.3, 0.4) is 0 Å². The molecule has 0 aromatic heterocycles. The van der Waals surface area contributed by atoms with E-state index in [0.717, 1.165) is 27.8 Å². The number of amides is 2. The van der Waals surface area contributed by atoms with Crippen LogP contribution in [0.15, 0.2) is 65.1 Å². The molecule has 0 unspecified atom stereocenters. The summed E-state index contributed by atoms with van der Waals surface area (Å²) in [7, 11) is 0. The summed E-state index contributed by atoms with van der Waals surface area (Å²) < 4.78 is 13.1. The van der Waals surface area contributed by atoms with Gasteiger partial charge in [-0.25, -0.2) is 4.39 Å². The zero-order chi connectivity index (χ0) is 18.7. The van der Waals surface area contributed by atoms with Crippen molar-refractivity contribution >= 4 is 40.6 Å². The second kappa shape index (κ2) is 7.89. The molecule has 0 N–H and O–H groups in total. The van der Waals surface area contributed by atoms with Gasteiger partial charge in [0.15, 0.2) is 0 Å². The highest BCUT2D eigenvalue weighted by Gasteiger charge is 2.35. The molecule has 2 amide bonds. The van der Waals surface area contributed by atoms with Gasteiger partial charge in [0, 0.05) is 5.02 Å². The lowest BCUT2D eigenvalue weighted by molar-refractivity contribution is -0.123. The Morgan fingerprint density at radius 1 is 1.19 bits per heavy atom. The number of halogens is 2. The Kier molecular flexibility index (Phi) is 5.59. The molecule has 2 aromatic rings. The topological polar surface area (TPSA) is 37.4 Å². The Hall–Kier alpha value is -2.37. The molecule has 3 rings (SSSR count). The first kappa shape index (κ1) is 18.4. The zero-order valence-corrected chi connectivity index (χ0v) is 15.5. The van der Waals surface area contributed by atoms with Gasteiger partial charge >= 0.3 is 0 Å². The fraction of sp³-hybridized carbons (Fsp3) is 0.100. The van der Waals surface area contributed by atoms with Crippen LogP contribution in [-0.2, 0) is 11.3 Å². The highest BCUT2D eigenvalue weighted by molar-refractivity contribution is 8.18. The number of imide groups is 1. The number of hydrogen-bond acceptors (Lipinski definition) is 3. The smallest absolute Gasteiger partial charge is 0.268 e. The third-order valence-electron chi connectivity index (χ3n) is 3.77. The summed E-state index contributed by atoms with van der Waals surface area (Å²) in [6.45, 7) is 1.89. The lowest BCUT2D eigenvalue weighted by atomic mass is 10.1. The molecule has 0 radical (unpaired) electrons. The maximum atomic E-state index is 13.1. The average molecular weight is 388 g/mol. The first-order valence-corrected chi connectivity index (χ1v) is 9.06. The molecular formula is C20H15ClFNO2S. The van der Waals surface area contributed by atoms with Crippen molar-refractivity contribution in [1.82, 2.24) is 4.90 Å². The van der Waals surface area contributed by atoms with Gasteiger partial charge in [-0.15, -0.1) is 0 Å². The maximum Gasteiger partial charge on any atom is 0.293 e. The molecule has 0 spiro atoms. The van der Waals surface area contributed by atoms with E-state index in [1.54, 1.807) is 6.08 Å². The molecule has 1 aliphatic rings. The van der Waals surface area contributed by atoms with Gasteiger partial charge in [-0.1, -0.05) is 54.1 Å². The SMILES string of the molecule is CC(=C\c1ccccc1)/C=C1/SC(=O)N(Cc2ccc(F)cc2Cl)C1=O. The van der Waals surface area contributed by atoms with Gasteiger partial charge in [0.2, 0.25) is 0 Å². The van der Waals surface area contributed by atoms with E-state index in [-0.39, 0.29) is 22.7 Å². The first-order valence-electron chi connectivity index (χ1n) is 7.86. The van der Waals surface area contributed by atoms with Crippen molar-refractivity contribution in [1.29, 1.82) is 0 Å². The molecule has 0 saturated carbocycles. The predicted molar refractivity (Wildman–Crippen MR) is 103 cm³/mol. The molecule has 1 saturated heterocycles. The third kappa shape index (κ3) is 4.23. The Labute approximate surface area is 160 Å². The molecule has 6 heteroatoms. The quantitative estimate of drug-likeness (QED) is 0.635. The summed E-state index contributed by atoms with van der Waals surface area (Å²) in [5.41, 5.74) is 2.40. The van der Waals surface area contributed by atoms with Crippen LogP contribution in [0.25, 0.3) is 6.08 Å². The molecule has 2 aromatic carbocycles. The Bertz CT molecular complexity index is 925. The largest absolute Gasteiger partial charge is 0.293 e. The molecular weight excluding hydrogens is 373 g/mol. The summed E-state index contributed by atoms with van der Waals surface area (Å²) in [4.78, 5) is 26.2. The summed E-state index contributed by atoms with van der Waals surface area (Å²) in [6.07, 6.45) is 3.63. The number of allylic oxidation sites excluding steroid dienone is 2. The second-order valence-corrected chi connectivity index (χ2v) is 7.20. The van der Waals surface area contributed by atoms with Crippen molar-refractivity contribution in [2.75, 3.05) is 0 Å². The van der Waals surface area contributed by atoms with Gasteiger partial charge in [0.25, 0.3) is 11.1 Å². The fourth-order valence-electron chi connectivity index (χ4n) is 2.52. The Morgan fingerprint density at radius 3 is 2.62 bits per heavy atom. The minimum absolute atomic E-state index is 0.0164. The Balaban J connectivity index is 1.79. The third-order valence-corrected chi connectivity index (χ3v) is 5.03. The molecule has 0 aliphatic carbocycles. The minimum Gasteiger partial charge on any atom is -0.268 e. The Morgan fingerprint density at radius 2 is 1.92 bits per heavy atom. The van der Waals surface area contributed by atoms with Crippen LogP contribution in [0.4, 0.5) is 9.18 Å². The van der Waals surface area contributed by atoms with Crippen LogP contribution in [0.2, 0.25) is 5.02 Å². The fourth-order valence-corrected chi connectivity index (χ4v) is 3.63. The van der Waals surface area contributed by atoms with E-state index in [1.807, 2.05) is 43.3 Å². The van der Waals surface area contributed by atoms with Crippen LogP contribution < -0.4 is 0 Å². The number of hydrogen-bond donors (Lipinski definition) is 0. The monoisotopic (exact) mass is 387 g/mol. The number of benzene rings is 2. The van der Waals surface area contributed by atoms with Crippen LogP contribution >= 0.6 is 23.4 Å². The zero-order valence-electron chi connectivity index (χ0n) is 13.9. The van der Waals surface area contributed by atoms with E-state index in [2.05, 4.69) is 0 Å². The lowest BCUT2D eigenvalue weighted by Gasteiger charge is -2.13. The van der Waals surface area contributed by atoms with E-state index >= 15 is 0 Å². The van der Waals surface area contributed by atoms with Crippen molar-refractivity contribution in [3.05, 3.63) is 87.1 Å². The van der Waals surface area contributed by atoms with Gasteiger partial charge in [-0.3, -0.25) is 14.5 Å². The van der Waals surface area contributed by atoms with Crippen LogP contribution in [-0.4, -0.2) is 16.0 Å². The van der Waals surface area contributed by atoms with Gasteiger partial charge in [-0.05, 0) is 53.6 Å². The second-order valence-electron chi connectivity index (χ2n) is 5.80. The molecule has 1 fully saturated rings. The number of thioether (sulfide) groups is 1. The van der Waals surface area contributed by atoms with Crippen molar-refractivity contribution < 1.29 is 14.0 Å². The van der Waals surface area contributed by atoms with Gasteiger partial charge in [-0.2, -0.15) is 0 Å². The first-order chi connectivity index (χ1) is 12.4. The summed E-state index contributed by atoms with van der Waals surface area (Å²) in [5.74, 6) is -0.837. The lowest BCUT2D eigenvalue weighted by Crippen LogP contribution is -2.27. The number of carbonyl (C=O) groups excluding carboxylic acids is 2. The van der Waals surface area contributed by atoms with Gasteiger partial charge in [0.1, 0.15) is 5.82 Å². The number of nitrogens with zero attached hydrogens (tertiary/aromatic N) is 1.